The molecule has 0 fully saturated rings. The van der Waals surface area contributed by atoms with Gasteiger partial charge in [-0.15, -0.1) is 0 Å². The van der Waals surface area contributed by atoms with E-state index in [-0.39, 0.29) is 0 Å². The van der Waals surface area contributed by atoms with Gasteiger partial charge in [-0.25, -0.2) is 0 Å². The Kier molecular flexibility index (Phi) is 9.11. The van der Waals surface area contributed by atoms with Gasteiger partial charge in [-0.2, -0.15) is 0 Å². The molecule has 0 radical (unpaired) electrons. The molecule has 0 unspecified atom stereocenters. The molecular weight excluding hydrogens is 743 g/mol. The molecule has 2 nitrogen and oxygen atoms in total. The third-order valence-corrected chi connectivity index (χ3v) is 17.6. The molecule has 0 atom stereocenters. The number of fused-ring (bicyclic) bond motifs is 3. The molecule has 0 spiro atoms. The van der Waals surface area contributed by atoms with E-state index in [1.54, 1.807) is 0 Å². The third-order valence-electron chi connectivity index (χ3n) is 11.4. The standard InChI is InChI=1S/C28H19OP.C26H19OP/c29-30(23-10-3-1-4-11-23,24-12-5-2-6-13-24)26-19-17-22-15-14-20-8-7-9-21-16-18-25(26)28(22)27(20)21;27-28(21-12-3-1-4-13-21,22-14-5-2-6-15-22)26-19-20-11-7-8-16-23(20)24-17-9-10-18-25(24)26/h1-19H;1-19H. The fourth-order valence-electron chi connectivity index (χ4n) is 8.70. The summed E-state index contributed by atoms with van der Waals surface area (Å²) in [6.45, 7) is 0. The van der Waals surface area contributed by atoms with Gasteiger partial charge in [-0.1, -0.05) is 218 Å². The van der Waals surface area contributed by atoms with E-state index in [1.165, 1.54) is 32.3 Å². The molecule has 0 aliphatic carbocycles. The minimum Gasteiger partial charge on any atom is -0.309 e. The SMILES string of the molecule is O=P(c1ccccc1)(c1ccccc1)c1cc2ccccc2c2ccccc12.O=P(c1ccccc1)(c1ccccc1)c1ccc2ccc3cccc4ccc1c2c34. The number of benzene rings is 11. The van der Waals surface area contributed by atoms with E-state index in [0.717, 1.165) is 53.4 Å². The molecule has 4 heteroatoms. The van der Waals surface area contributed by atoms with Gasteiger partial charge in [-0.05, 0) is 66.0 Å². The Morgan fingerprint density at radius 2 is 0.621 bits per heavy atom. The lowest BCUT2D eigenvalue weighted by molar-refractivity contribution is 0.592. The van der Waals surface area contributed by atoms with Gasteiger partial charge in [0.1, 0.15) is 0 Å². The molecule has 0 aromatic heterocycles. The van der Waals surface area contributed by atoms with Gasteiger partial charge in [-0.3, -0.25) is 0 Å². The monoisotopic (exact) mass is 780 g/mol. The van der Waals surface area contributed by atoms with E-state index in [4.69, 9.17) is 0 Å². The van der Waals surface area contributed by atoms with Crippen molar-refractivity contribution in [2.45, 2.75) is 0 Å². The van der Waals surface area contributed by atoms with Crippen LogP contribution in [0.25, 0.3) is 53.9 Å². The van der Waals surface area contributed by atoms with Crippen molar-refractivity contribution >= 4 is 100.0 Å². The quantitative estimate of drug-likeness (QED) is 0.124. The van der Waals surface area contributed by atoms with E-state index in [9.17, 15) is 9.13 Å². The van der Waals surface area contributed by atoms with Crippen LogP contribution in [-0.4, -0.2) is 0 Å². The molecule has 11 aromatic carbocycles. The Bertz CT molecular complexity index is 3230. The lowest BCUT2D eigenvalue weighted by atomic mass is 9.94. The summed E-state index contributed by atoms with van der Waals surface area (Å²) in [5.74, 6) is 0. The summed E-state index contributed by atoms with van der Waals surface area (Å²) in [5.41, 5.74) is 0. The highest BCUT2D eigenvalue weighted by Gasteiger charge is 2.33. The maximum atomic E-state index is 15.0. The predicted octanol–water partition coefficient (Wildman–Crippen LogP) is 11.9. The van der Waals surface area contributed by atoms with E-state index >= 15 is 0 Å². The minimum absolute atomic E-state index is 0.863. The van der Waals surface area contributed by atoms with Gasteiger partial charge in [0.15, 0.2) is 14.3 Å². The average Bonchev–Trinajstić information content (AvgIpc) is 3.31. The highest BCUT2D eigenvalue weighted by molar-refractivity contribution is 7.86. The first-order chi connectivity index (χ1) is 28.5. The van der Waals surface area contributed by atoms with Gasteiger partial charge in [0.05, 0.1) is 0 Å². The van der Waals surface area contributed by atoms with E-state index in [1.807, 2.05) is 133 Å². The molecule has 11 aromatic rings. The summed E-state index contributed by atoms with van der Waals surface area (Å²) in [6.07, 6.45) is 0. The van der Waals surface area contributed by atoms with Crippen molar-refractivity contribution in [3.05, 3.63) is 231 Å². The summed E-state index contributed by atoms with van der Waals surface area (Å²) in [4.78, 5) is 0. The van der Waals surface area contributed by atoms with Gasteiger partial charge < -0.3 is 9.13 Å². The zero-order chi connectivity index (χ0) is 39.1. The van der Waals surface area contributed by atoms with Crippen molar-refractivity contribution in [2.75, 3.05) is 0 Å². The van der Waals surface area contributed by atoms with E-state index < -0.39 is 14.3 Å². The summed E-state index contributed by atoms with van der Waals surface area (Å²) in [6, 6.07) is 77.6. The average molecular weight is 781 g/mol. The van der Waals surface area contributed by atoms with Crippen LogP contribution in [0.1, 0.15) is 0 Å². The fourth-order valence-corrected chi connectivity index (χ4v) is 14.4. The predicted molar refractivity (Wildman–Crippen MR) is 250 cm³/mol. The van der Waals surface area contributed by atoms with Gasteiger partial charge in [0.2, 0.25) is 0 Å². The fraction of sp³-hybridized carbons (Fsp3) is 0. The number of hydrogen-bond donors (Lipinski definition) is 0. The number of rotatable bonds is 6. The highest BCUT2D eigenvalue weighted by atomic mass is 31.2. The second-order valence-corrected chi connectivity index (χ2v) is 20.1. The molecule has 0 saturated carbocycles. The molecule has 0 heterocycles. The summed E-state index contributed by atoms with van der Waals surface area (Å²) in [7, 11) is -6.06. The van der Waals surface area contributed by atoms with Crippen molar-refractivity contribution in [2.24, 2.45) is 0 Å². The smallest absolute Gasteiger partial charge is 0.171 e. The first-order valence-corrected chi connectivity index (χ1v) is 23.0. The first kappa shape index (κ1) is 35.8. The largest absolute Gasteiger partial charge is 0.309 e. The molecule has 0 saturated heterocycles. The zero-order valence-corrected chi connectivity index (χ0v) is 33.4. The van der Waals surface area contributed by atoms with Crippen molar-refractivity contribution in [1.82, 2.24) is 0 Å². The number of hydrogen-bond acceptors (Lipinski definition) is 2. The molecule has 11 rings (SSSR count). The normalized spacial score (nSPS) is 11.9. The minimum atomic E-state index is -3.03. The van der Waals surface area contributed by atoms with E-state index in [0.29, 0.717) is 0 Å². The van der Waals surface area contributed by atoms with Crippen LogP contribution in [0.5, 0.6) is 0 Å². The zero-order valence-electron chi connectivity index (χ0n) is 31.7. The van der Waals surface area contributed by atoms with Crippen LogP contribution in [0.2, 0.25) is 0 Å². The Balaban J connectivity index is 0.000000141. The van der Waals surface area contributed by atoms with Crippen LogP contribution in [0.15, 0.2) is 231 Å². The molecular formula is C54H38O2P2. The summed E-state index contributed by atoms with van der Waals surface area (Å²) in [5, 5.41) is 16.9. The maximum Gasteiger partial charge on any atom is 0.171 e. The van der Waals surface area contributed by atoms with Crippen LogP contribution in [0, 0.1) is 0 Å². The highest BCUT2D eigenvalue weighted by Crippen LogP contribution is 2.47. The topological polar surface area (TPSA) is 34.1 Å². The van der Waals surface area contributed by atoms with Crippen molar-refractivity contribution in [1.29, 1.82) is 0 Å². The second-order valence-electron chi connectivity index (χ2n) is 14.7. The first-order valence-electron chi connectivity index (χ1n) is 19.6. The van der Waals surface area contributed by atoms with Crippen LogP contribution < -0.4 is 31.8 Å². The van der Waals surface area contributed by atoms with Crippen LogP contribution in [-0.2, 0) is 9.13 Å². The lowest BCUT2D eigenvalue weighted by Crippen LogP contribution is -2.25. The van der Waals surface area contributed by atoms with E-state index in [2.05, 4.69) is 97.1 Å². The molecule has 0 aliphatic heterocycles. The second kappa shape index (κ2) is 14.7. The van der Waals surface area contributed by atoms with Crippen LogP contribution >= 0.6 is 14.3 Å². The van der Waals surface area contributed by atoms with Gasteiger partial charge in [0, 0.05) is 31.8 Å². The third kappa shape index (κ3) is 5.88. The summed E-state index contributed by atoms with van der Waals surface area (Å²) < 4.78 is 29.8. The van der Waals surface area contributed by atoms with Gasteiger partial charge in [0.25, 0.3) is 0 Å². The summed E-state index contributed by atoms with van der Waals surface area (Å²) >= 11 is 0. The molecule has 276 valence electrons. The molecule has 0 bridgehead atoms. The lowest BCUT2D eigenvalue weighted by Gasteiger charge is -2.23. The Hall–Kier alpha value is -6.56. The van der Waals surface area contributed by atoms with Crippen LogP contribution in [0.3, 0.4) is 0 Å². The van der Waals surface area contributed by atoms with Crippen molar-refractivity contribution in [3.8, 4) is 0 Å². The Labute approximate surface area is 338 Å². The van der Waals surface area contributed by atoms with Crippen LogP contribution in [0.4, 0.5) is 0 Å². The Morgan fingerprint density at radius 3 is 1.16 bits per heavy atom. The van der Waals surface area contributed by atoms with Crippen molar-refractivity contribution in [3.63, 3.8) is 0 Å². The molecule has 0 N–H and O–H groups in total. The molecule has 0 aliphatic rings. The molecule has 0 amide bonds. The Morgan fingerprint density at radius 1 is 0.241 bits per heavy atom. The maximum absolute atomic E-state index is 15.0. The van der Waals surface area contributed by atoms with Crippen molar-refractivity contribution < 1.29 is 9.13 Å². The molecule has 58 heavy (non-hydrogen) atoms. The van der Waals surface area contributed by atoms with Gasteiger partial charge >= 0.3 is 0 Å².